The van der Waals surface area contributed by atoms with Crippen LogP contribution in [0.5, 0.6) is 17.2 Å². The number of nitrogens with one attached hydrogen (secondary N) is 1. The first-order valence-corrected chi connectivity index (χ1v) is 10.5. The Balaban J connectivity index is 1.66. The summed E-state index contributed by atoms with van der Waals surface area (Å²) in [6.07, 6.45) is -0.363. The first-order valence-electron chi connectivity index (χ1n) is 9.46. The number of ether oxygens (including phenoxy) is 2. The number of aromatic hydroxyl groups is 1. The number of phenolic OH excluding ortho intramolecular Hbond substituents is 1. The third-order valence-corrected chi connectivity index (χ3v) is 5.28. The number of carbonyl (C=O) groups is 1. The van der Waals surface area contributed by atoms with E-state index < -0.39 is 0 Å². The van der Waals surface area contributed by atoms with Gasteiger partial charge >= 0.3 is 0 Å². The van der Waals surface area contributed by atoms with Crippen LogP contribution in [0.2, 0.25) is 0 Å². The van der Waals surface area contributed by atoms with E-state index >= 15 is 0 Å². The Hall–Kier alpha value is -3.20. The largest absolute Gasteiger partial charge is 0.506 e. The second kappa shape index (κ2) is 10.0. The molecule has 1 atom stereocenters. The van der Waals surface area contributed by atoms with E-state index in [0.29, 0.717) is 34.7 Å². The molecular formula is C21H24N4O4S. The lowest BCUT2D eigenvalue weighted by atomic mass is 10.3. The van der Waals surface area contributed by atoms with Crippen LogP contribution in [0.4, 0.5) is 5.69 Å². The molecule has 30 heavy (non-hydrogen) atoms. The van der Waals surface area contributed by atoms with Crippen LogP contribution >= 0.6 is 11.8 Å². The summed E-state index contributed by atoms with van der Waals surface area (Å²) in [5.41, 5.74) is 0.375. The molecule has 0 radical (unpaired) electrons. The fraction of sp³-hybridized carbons (Fsp3) is 0.286. The molecule has 0 aliphatic carbocycles. The SMILES string of the molecule is CCn1c(SCC(=O)Nc2ccccc2O)nnc1C(C)Oc1ccccc1OC. The summed E-state index contributed by atoms with van der Waals surface area (Å²) < 4.78 is 13.3. The number of benzene rings is 2. The molecule has 0 saturated carbocycles. The highest BCUT2D eigenvalue weighted by Crippen LogP contribution is 2.31. The lowest BCUT2D eigenvalue weighted by Gasteiger charge is -2.17. The van der Waals surface area contributed by atoms with Crippen LogP contribution in [-0.2, 0) is 11.3 Å². The van der Waals surface area contributed by atoms with Crippen molar-refractivity contribution in [2.24, 2.45) is 0 Å². The Morgan fingerprint density at radius 2 is 1.87 bits per heavy atom. The molecule has 158 valence electrons. The fourth-order valence-electron chi connectivity index (χ4n) is 2.86. The van der Waals surface area contributed by atoms with Gasteiger partial charge in [-0.25, -0.2) is 0 Å². The number of amides is 1. The van der Waals surface area contributed by atoms with E-state index in [1.165, 1.54) is 17.8 Å². The summed E-state index contributed by atoms with van der Waals surface area (Å²) in [5, 5.41) is 21.6. The number of para-hydroxylation sites is 4. The summed E-state index contributed by atoms with van der Waals surface area (Å²) in [5.74, 6) is 1.83. The van der Waals surface area contributed by atoms with Crippen molar-refractivity contribution in [2.75, 3.05) is 18.2 Å². The van der Waals surface area contributed by atoms with E-state index in [9.17, 15) is 9.90 Å². The van der Waals surface area contributed by atoms with E-state index in [1.807, 2.05) is 42.7 Å². The van der Waals surface area contributed by atoms with Gasteiger partial charge in [0.25, 0.3) is 0 Å². The van der Waals surface area contributed by atoms with Crippen molar-refractivity contribution in [2.45, 2.75) is 31.7 Å². The minimum absolute atomic E-state index is 0.0252. The maximum Gasteiger partial charge on any atom is 0.234 e. The summed E-state index contributed by atoms with van der Waals surface area (Å²) in [6.45, 7) is 4.50. The molecule has 9 heteroatoms. The van der Waals surface area contributed by atoms with Gasteiger partial charge in [0.05, 0.1) is 18.6 Å². The molecule has 2 N–H and O–H groups in total. The Kier molecular flexibility index (Phi) is 7.18. The number of methoxy groups -OCH3 is 1. The van der Waals surface area contributed by atoms with Gasteiger partial charge in [0.1, 0.15) is 5.75 Å². The first-order chi connectivity index (χ1) is 14.5. The zero-order chi connectivity index (χ0) is 21.5. The molecule has 2 aromatic carbocycles. The first kappa shape index (κ1) is 21.5. The number of hydrogen-bond acceptors (Lipinski definition) is 7. The van der Waals surface area contributed by atoms with Gasteiger partial charge in [0.2, 0.25) is 5.91 Å². The number of carbonyl (C=O) groups excluding carboxylic acids is 1. The van der Waals surface area contributed by atoms with Crippen LogP contribution in [0.25, 0.3) is 0 Å². The van der Waals surface area contributed by atoms with Crippen molar-refractivity contribution >= 4 is 23.4 Å². The van der Waals surface area contributed by atoms with E-state index in [2.05, 4.69) is 15.5 Å². The molecule has 1 aromatic heterocycles. The molecule has 0 spiro atoms. The lowest BCUT2D eigenvalue weighted by Crippen LogP contribution is -2.15. The van der Waals surface area contributed by atoms with Crippen molar-refractivity contribution in [3.8, 4) is 17.2 Å². The number of hydrogen-bond donors (Lipinski definition) is 2. The Bertz CT molecular complexity index is 1010. The zero-order valence-corrected chi connectivity index (χ0v) is 17.8. The predicted octanol–water partition coefficient (Wildman–Crippen LogP) is 3.88. The van der Waals surface area contributed by atoms with Gasteiger partial charge in [0.15, 0.2) is 28.6 Å². The van der Waals surface area contributed by atoms with Crippen LogP contribution in [0.15, 0.2) is 53.7 Å². The van der Waals surface area contributed by atoms with Crippen molar-refractivity contribution in [3.63, 3.8) is 0 Å². The van der Waals surface area contributed by atoms with E-state index in [1.54, 1.807) is 25.3 Å². The average Bonchev–Trinajstić information content (AvgIpc) is 3.17. The molecule has 0 aliphatic heterocycles. The van der Waals surface area contributed by atoms with Crippen LogP contribution in [0.3, 0.4) is 0 Å². The van der Waals surface area contributed by atoms with Crippen LogP contribution in [0.1, 0.15) is 25.8 Å². The standard InChI is InChI=1S/C21H24N4O4S/c1-4-25-20(14(2)29-18-12-8-7-11-17(18)28-3)23-24-21(25)30-13-19(27)22-15-9-5-6-10-16(15)26/h5-12,14,26H,4,13H2,1-3H3,(H,22,27). The van der Waals surface area contributed by atoms with Gasteiger partial charge in [-0.05, 0) is 38.1 Å². The van der Waals surface area contributed by atoms with E-state index in [-0.39, 0.29) is 23.5 Å². The third-order valence-electron chi connectivity index (χ3n) is 4.31. The van der Waals surface area contributed by atoms with Crippen molar-refractivity contribution in [1.29, 1.82) is 0 Å². The highest BCUT2D eigenvalue weighted by Gasteiger charge is 2.20. The molecule has 0 fully saturated rings. The lowest BCUT2D eigenvalue weighted by molar-refractivity contribution is -0.113. The van der Waals surface area contributed by atoms with Gasteiger partial charge < -0.3 is 24.5 Å². The molecule has 0 bridgehead atoms. The zero-order valence-electron chi connectivity index (χ0n) is 17.0. The van der Waals surface area contributed by atoms with Crippen LogP contribution in [0, 0.1) is 0 Å². The van der Waals surface area contributed by atoms with Gasteiger partial charge in [-0.3, -0.25) is 4.79 Å². The fourth-order valence-corrected chi connectivity index (χ4v) is 3.67. The summed E-state index contributed by atoms with van der Waals surface area (Å²) in [4.78, 5) is 12.3. The number of aromatic nitrogens is 3. The van der Waals surface area contributed by atoms with E-state index in [4.69, 9.17) is 9.47 Å². The number of phenols is 1. The molecule has 8 nitrogen and oxygen atoms in total. The quantitative estimate of drug-likeness (QED) is 0.394. The molecule has 0 aliphatic rings. The predicted molar refractivity (Wildman–Crippen MR) is 115 cm³/mol. The van der Waals surface area contributed by atoms with Gasteiger partial charge in [0, 0.05) is 6.54 Å². The number of rotatable bonds is 9. The maximum absolute atomic E-state index is 12.3. The Morgan fingerprint density at radius 3 is 2.57 bits per heavy atom. The second-order valence-corrected chi connectivity index (χ2v) is 7.29. The number of nitrogens with zero attached hydrogens (tertiary/aromatic N) is 3. The van der Waals surface area contributed by atoms with Crippen molar-refractivity contribution in [1.82, 2.24) is 14.8 Å². The molecule has 1 heterocycles. The van der Waals surface area contributed by atoms with Gasteiger partial charge in [-0.2, -0.15) is 0 Å². The second-order valence-electron chi connectivity index (χ2n) is 6.35. The highest BCUT2D eigenvalue weighted by molar-refractivity contribution is 7.99. The van der Waals surface area contributed by atoms with Crippen LogP contribution < -0.4 is 14.8 Å². The third kappa shape index (κ3) is 5.04. The summed E-state index contributed by atoms with van der Waals surface area (Å²) in [6, 6.07) is 14.0. The molecule has 3 rings (SSSR count). The Labute approximate surface area is 179 Å². The molecule has 1 unspecified atom stereocenters. The molecule has 1 amide bonds. The monoisotopic (exact) mass is 428 g/mol. The maximum atomic E-state index is 12.3. The summed E-state index contributed by atoms with van der Waals surface area (Å²) >= 11 is 1.27. The van der Waals surface area contributed by atoms with Crippen molar-refractivity contribution in [3.05, 3.63) is 54.4 Å². The topological polar surface area (TPSA) is 98.5 Å². The molecule has 0 saturated heterocycles. The normalized spacial score (nSPS) is 11.7. The van der Waals surface area contributed by atoms with Crippen molar-refractivity contribution < 1.29 is 19.4 Å². The molecule has 3 aromatic rings. The highest BCUT2D eigenvalue weighted by atomic mass is 32.2. The Morgan fingerprint density at radius 1 is 1.17 bits per heavy atom. The smallest absolute Gasteiger partial charge is 0.234 e. The van der Waals surface area contributed by atoms with Gasteiger partial charge in [-0.1, -0.05) is 36.0 Å². The number of anilines is 1. The number of thioether (sulfide) groups is 1. The van der Waals surface area contributed by atoms with E-state index in [0.717, 1.165) is 0 Å². The minimum Gasteiger partial charge on any atom is -0.506 e. The average molecular weight is 429 g/mol. The van der Waals surface area contributed by atoms with Gasteiger partial charge in [-0.15, -0.1) is 10.2 Å². The van der Waals surface area contributed by atoms with Crippen LogP contribution in [-0.4, -0.2) is 38.6 Å². The molecular weight excluding hydrogens is 404 g/mol. The summed E-state index contributed by atoms with van der Waals surface area (Å²) in [7, 11) is 1.59. The minimum atomic E-state index is -0.363.